The molecule has 0 aliphatic heterocycles. The van der Waals surface area contributed by atoms with Gasteiger partial charge in [-0.2, -0.15) is 0 Å². The van der Waals surface area contributed by atoms with Gasteiger partial charge in [0.2, 0.25) is 0 Å². The van der Waals surface area contributed by atoms with Gasteiger partial charge in [0, 0.05) is 12.5 Å². The number of rotatable bonds is 5. The van der Waals surface area contributed by atoms with E-state index in [1.54, 1.807) is 30.5 Å². The maximum atomic E-state index is 13.0. The molecular weight excluding hydrogens is 372 g/mol. The Hall–Kier alpha value is -2.99. The number of sulfone groups is 1. The summed E-state index contributed by atoms with van der Waals surface area (Å²) in [5.41, 5.74) is 3.78. The Labute approximate surface area is 165 Å². The van der Waals surface area contributed by atoms with Crippen LogP contribution in [0.1, 0.15) is 34.6 Å². The van der Waals surface area contributed by atoms with Gasteiger partial charge in [-0.3, -0.25) is 9.78 Å². The molecule has 0 fully saturated rings. The quantitative estimate of drug-likeness (QED) is 0.711. The summed E-state index contributed by atoms with van der Waals surface area (Å²) >= 11 is 0. The summed E-state index contributed by atoms with van der Waals surface area (Å²) in [6, 6.07) is 17.8. The van der Waals surface area contributed by atoms with Crippen LogP contribution >= 0.6 is 0 Å². The summed E-state index contributed by atoms with van der Waals surface area (Å²) in [6.45, 7) is 3.67. The van der Waals surface area contributed by atoms with Crippen molar-refractivity contribution in [2.45, 2.75) is 24.8 Å². The minimum Gasteiger partial charge on any atom is -0.345 e. The molecule has 0 unspecified atom stereocenters. The summed E-state index contributed by atoms with van der Waals surface area (Å²) in [6.07, 6.45) is 2.87. The van der Waals surface area contributed by atoms with Gasteiger partial charge in [0.25, 0.3) is 5.91 Å². The SMILES string of the molecule is Cc1nccc(-c2ccccc2)c1C(=O)N[C@@H](C)c1ccc(S(C)(=O)=O)cc1. The van der Waals surface area contributed by atoms with Crippen LogP contribution in [0.4, 0.5) is 0 Å². The van der Waals surface area contributed by atoms with Gasteiger partial charge in [-0.15, -0.1) is 0 Å². The second-order valence-corrected chi connectivity index (χ2v) is 8.74. The number of amides is 1. The molecule has 0 aliphatic rings. The largest absolute Gasteiger partial charge is 0.345 e. The fourth-order valence-electron chi connectivity index (χ4n) is 3.07. The summed E-state index contributed by atoms with van der Waals surface area (Å²) in [5, 5.41) is 2.99. The highest BCUT2D eigenvalue weighted by Gasteiger charge is 2.19. The molecule has 2 aromatic carbocycles. The molecule has 0 spiro atoms. The molecule has 1 heterocycles. The number of nitrogens with zero attached hydrogens (tertiary/aromatic N) is 1. The van der Waals surface area contributed by atoms with Gasteiger partial charge >= 0.3 is 0 Å². The van der Waals surface area contributed by atoms with E-state index in [2.05, 4.69) is 10.3 Å². The second kappa shape index (κ2) is 7.94. The van der Waals surface area contributed by atoms with E-state index in [1.165, 1.54) is 6.26 Å². The third-order valence-corrected chi connectivity index (χ3v) is 5.74. The van der Waals surface area contributed by atoms with Crippen LogP contribution in [0.15, 0.2) is 71.8 Å². The molecule has 1 aromatic heterocycles. The number of carbonyl (C=O) groups is 1. The lowest BCUT2D eigenvalue weighted by Crippen LogP contribution is -2.28. The first-order chi connectivity index (χ1) is 13.3. The van der Waals surface area contributed by atoms with Crippen LogP contribution in [-0.4, -0.2) is 25.6 Å². The van der Waals surface area contributed by atoms with E-state index >= 15 is 0 Å². The molecule has 0 radical (unpaired) electrons. The van der Waals surface area contributed by atoms with Crippen molar-refractivity contribution in [2.75, 3.05) is 6.26 Å². The van der Waals surface area contributed by atoms with Crippen molar-refractivity contribution < 1.29 is 13.2 Å². The molecule has 0 aliphatic carbocycles. The molecule has 144 valence electrons. The van der Waals surface area contributed by atoms with Crippen molar-refractivity contribution in [3.63, 3.8) is 0 Å². The summed E-state index contributed by atoms with van der Waals surface area (Å²) in [5.74, 6) is -0.218. The summed E-state index contributed by atoms with van der Waals surface area (Å²) < 4.78 is 23.2. The first kappa shape index (κ1) is 19.8. The standard InChI is InChI=1S/C22H22N2O3S/c1-15(17-9-11-19(12-10-17)28(3,26)27)24-22(25)21-16(2)23-14-13-20(21)18-7-5-4-6-8-18/h4-15H,1-3H3,(H,24,25)/t15-/m0/s1. The molecule has 1 N–H and O–H groups in total. The number of aryl methyl sites for hydroxylation is 1. The average molecular weight is 394 g/mol. The van der Waals surface area contributed by atoms with E-state index in [9.17, 15) is 13.2 Å². The lowest BCUT2D eigenvalue weighted by Gasteiger charge is -2.17. The number of hydrogen-bond donors (Lipinski definition) is 1. The Bertz CT molecular complexity index is 1090. The maximum absolute atomic E-state index is 13.0. The molecule has 3 rings (SSSR count). The van der Waals surface area contributed by atoms with Gasteiger partial charge in [0.05, 0.1) is 22.2 Å². The van der Waals surface area contributed by atoms with E-state index in [1.807, 2.05) is 50.2 Å². The topological polar surface area (TPSA) is 76.1 Å². The number of benzene rings is 2. The highest BCUT2D eigenvalue weighted by molar-refractivity contribution is 7.90. The average Bonchev–Trinajstić information content (AvgIpc) is 2.67. The van der Waals surface area contributed by atoms with Crippen LogP contribution in [0.2, 0.25) is 0 Å². The summed E-state index contributed by atoms with van der Waals surface area (Å²) in [4.78, 5) is 17.6. The molecule has 0 bridgehead atoms. The fourth-order valence-corrected chi connectivity index (χ4v) is 3.70. The van der Waals surface area contributed by atoms with Gasteiger partial charge in [-0.05, 0) is 48.7 Å². The molecule has 1 atom stereocenters. The van der Waals surface area contributed by atoms with Crippen LogP contribution in [0, 0.1) is 6.92 Å². The van der Waals surface area contributed by atoms with Crippen molar-refractivity contribution >= 4 is 15.7 Å². The molecule has 1 amide bonds. The Morgan fingerprint density at radius 2 is 1.64 bits per heavy atom. The number of pyridine rings is 1. The van der Waals surface area contributed by atoms with Crippen LogP contribution < -0.4 is 5.32 Å². The monoisotopic (exact) mass is 394 g/mol. The lowest BCUT2D eigenvalue weighted by atomic mass is 9.98. The highest BCUT2D eigenvalue weighted by Crippen LogP contribution is 2.26. The van der Waals surface area contributed by atoms with Crippen molar-refractivity contribution in [3.8, 4) is 11.1 Å². The summed E-state index contributed by atoms with van der Waals surface area (Å²) in [7, 11) is -3.25. The van der Waals surface area contributed by atoms with Crippen molar-refractivity contribution in [1.29, 1.82) is 0 Å². The molecular formula is C22H22N2O3S. The van der Waals surface area contributed by atoms with Crippen LogP contribution in [0.5, 0.6) is 0 Å². The van der Waals surface area contributed by atoms with E-state index < -0.39 is 9.84 Å². The van der Waals surface area contributed by atoms with E-state index in [0.717, 1.165) is 16.7 Å². The highest BCUT2D eigenvalue weighted by atomic mass is 32.2. The van der Waals surface area contributed by atoms with Crippen molar-refractivity contribution in [2.24, 2.45) is 0 Å². The first-order valence-electron chi connectivity index (χ1n) is 8.89. The van der Waals surface area contributed by atoms with Gasteiger partial charge < -0.3 is 5.32 Å². The van der Waals surface area contributed by atoms with Crippen LogP contribution in [0.25, 0.3) is 11.1 Å². The van der Waals surface area contributed by atoms with Crippen LogP contribution in [0.3, 0.4) is 0 Å². The molecule has 0 saturated carbocycles. The lowest BCUT2D eigenvalue weighted by molar-refractivity contribution is 0.0939. The zero-order valence-electron chi connectivity index (χ0n) is 16.0. The molecule has 3 aromatic rings. The van der Waals surface area contributed by atoms with Gasteiger partial charge in [-0.1, -0.05) is 42.5 Å². The number of hydrogen-bond acceptors (Lipinski definition) is 4. The third kappa shape index (κ3) is 4.28. The van der Waals surface area contributed by atoms with Gasteiger partial charge in [0.1, 0.15) is 0 Å². The Morgan fingerprint density at radius 1 is 1.00 bits per heavy atom. The normalized spacial score (nSPS) is 12.4. The number of carbonyl (C=O) groups excluding carboxylic acids is 1. The van der Waals surface area contributed by atoms with E-state index in [4.69, 9.17) is 0 Å². The zero-order chi connectivity index (χ0) is 20.3. The predicted octanol–water partition coefficient (Wildman–Crippen LogP) is 3.95. The van der Waals surface area contributed by atoms with E-state index in [-0.39, 0.29) is 16.8 Å². The van der Waals surface area contributed by atoms with Crippen molar-refractivity contribution in [3.05, 3.63) is 83.7 Å². The first-order valence-corrected chi connectivity index (χ1v) is 10.8. The second-order valence-electron chi connectivity index (χ2n) is 6.72. The molecule has 5 nitrogen and oxygen atoms in total. The number of aromatic nitrogens is 1. The van der Waals surface area contributed by atoms with Crippen molar-refractivity contribution in [1.82, 2.24) is 10.3 Å². The predicted molar refractivity (Wildman–Crippen MR) is 110 cm³/mol. The van der Waals surface area contributed by atoms with E-state index in [0.29, 0.717) is 11.3 Å². The smallest absolute Gasteiger partial charge is 0.254 e. The Morgan fingerprint density at radius 3 is 2.25 bits per heavy atom. The number of nitrogens with one attached hydrogen (secondary N) is 1. The maximum Gasteiger partial charge on any atom is 0.254 e. The van der Waals surface area contributed by atoms with Crippen LogP contribution in [-0.2, 0) is 9.84 Å². The molecule has 0 saturated heterocycles. The molecule has 28 heavy (non-hydrogen) atoms. The fraction of sp³-hybridized carbons (Fsp3) is 0.182. The minimum absolute atomic E-state index is 0.218. The third-order valence-electron chi connectivity index (χ3n) is 4.61. The zero-order valence-corrected chi connectivity index (χ0v) is 16.8. The Kier molecular flexibility index (Phi) is 5.61. The molecule has 6 heteroatoms. The Balaban J connectivity index is 1.87. The van der Waals surface area contributed by atoms with Gasteiger partial charge in [-0.25, -0.2) is 8.42 Å². The minimum atomic E-state index is -3.25. The van der Waals surface area contributed by atoms with Gasteiger partial charge in [0.15, 0.2) is 9.84 Å².